The summed E-state index contributed by atoms with van der Waals surface area (Å²) in [7, 11) is 0. The Morgan fingerprint density at radius 1 is 1.17 bits per heavy atom. The zero-order valence-electron chi connectivity index (χ0n) is 10.2. The molecule has 96 valence electrons. The Morgan fingerprint density at radius 3 is 2.78 bits per heavy atom. The fraction of sp³-hybridized carbons (Fsp3) is 0.357. The molecule has 2 rings (SSSR count). The highest BCUT2D eigenvalue weighted by Gasteiger charge is 2.06. The molecule has 4 heteroatoms. The maximum absolute atomic E-state index is 13.4. The Hall–Kier alpha value is -1.68. The van der Waals surface area contributed by atoms with E-state index in [2.05, 4.69) is 4.98 Å². The van der Waals surface area contributed by atoms with Crippen LogP contribution in [0.5, 0.6) is 0 Å². The normalized spacial score (nSPS) is 10.8. The standard InChI is InChI=1S/C14H17FN2O/c15-13-6-2-1-4-11(13)7-8-14-17-10-12(18-14)5-3-9-16/h1-2,4,6,10H,3,5,7-9,16H2. The molecule has 0 atom stereocenters. The van der Waals surface area contributed by atoms with Gasteiger partial charge in [0.25, 0.3) is 0 Å². The summed E-state index contributed by atoms with van der Waals surface area (Å²) < 4.78 is 19.0. The molecule has 0 bridgehead atoms. The molecule has 0 aliphatic carbocycles. The predicted molar refractivity (Wildman–Crippen MR) is 67.7 cm³/mol. The molecule has 1 aromatic heterocycles. The van der Waals surface area contributed by atoms with Gasteiger partial charge in [0.05, 0.1) is 6.20 Å². The highest BCUT2D eigenvalue weighted by Crippen LogP contribution is 2.12. The van der Waals surface area contributed by atoms with Crippen molar-refractivity contribution in [1.82, 2.24) is 4.98 Å². The third-order valence-electron chi connectivity index (χ3n) is 2.79. The van der Waals surface area contributed by atoms with E-state index in [4.69, 9.17) is 10.2 Å². The first kappa shape index (κ1) is 12.8. The average Bonchev–Trinajstić information content (AvgIpc) is 2.83. The van der Waals surface area contributed by atoms with E-state index in [9.17, 15) is 4.39 Å². The Labute approximate surface area is 106 Å². The maximum atomic E-state index is 13.4. The molecule has 0 saturated carbocycles. The van der Waals surface area contributed by atoms with Crippen LogP contribution in [0.1, 0.15) is 23.6 Å². The fourth-order valence-corrected chi connectivity index (χ4v) is 1.80. The SMILES string of the molecule is NCCCc1cnc(CCc2ccccc2F)o1. The van der Waals surface area contributed by atoms with Gasteiger partial charge in [0.15, 0.2) is 5.89 Å². The van der Waals surface area contributed by atoms with Gasteiger partial charge >= 0.3 is 0 Å². The van der Waals surface area contributed by atoms with E-state index in [-0.39, 0.29) is 5.82 Å². The van der Waals surface area contributed by atoms with Gasteiger partial charge in [0.2, 0.25) is 0 Å². The molecule has 0 fully saturated rings. The zero-order valence-corrected chi connectivity index (χ0v) is 10.2. The molecule has 0 aliphatic rings. The van der Waals surface area contributed by atoms with E-state index in [0.717, 1.165) is 18.6 Å². The lowest BCUT2D eigenvalue weighted by Gasteiger charge is -2.00. The molecule has 1 heterocycles. The second kappa shape index (κ2) is 6.31. The van der Waals surface area contributed by atoms with E-state index in [1.165, 1.54) is 6.07 Å². The van der Waals surface area contributed by atoms with Gasteiger partial charge in [-0.2, -0.15) is 0 Å². The van der Waals surface area contributed by atoms with Crippen molar-refractivity contribution in [3.63, 3.8) is 0 Å². The lowest BCUT2D eigenvalue weighted by Crippen LogP contribution is -1.99. The number of oxazole rings is 1. The first-order valence-corrected chi connectivity index (χ1v) is 6.16. The van der Waals surface area contributed by atoms with Crippen LogP contribution in [0, 0.1) is 5.82 Å². The topological polar surface area (TPSA) is 52.0 Å². The van der Waals surface area contributed by atoms with Crippen LogP contribution in [0.15, 0.2) is 34.9 Å². The molecule has 3 nitrogen and oxygen atoms in total. The molecule has 0 unspecified atom stereocenters. The summed E-state index contributed by atoms with van der Waals surface area (Å²) >= 11 is 0. The molecule has 2 aromatic rings. The van der Waals surface area contributed by atoms with Gasteiger partial charge in [-0.1, -0.05) is 18.2 Å². The van der Waals surface area contributed by atoms with Crippen LogP contribution in [-0.2, 0) is 19.3 Å². The van der Waals surface area contributed by atoms with Crippen molar-refractivity contribution in [2.24, 2.45) is 5.73 Å². The number of hydrogen-bond acceptors (Lipinski definition) is 3. The molecule has 18 heavy (non-hydrogen) atoms. The number of halogens is 1. The van der Waals surface area contributed by atoms with Gasteiger partial charge < -0.3 is 10.2 Å². The Balaban J connectivity index is 1.90. The smallest absolute Gasteiger partial charge is 0.194 e. The Kier molecular flexibility index (Phi) is 4.47. The van der Waals surface area contributed by atoms with E-state index in [0.29, 0.717) is 30.8 Å². The summed E-state index contributed by atoms with van der Waals surface area (Å²) in [6.07, 6.45) is 4.64. The third kappa shape index (κ3) is 3.40. The predicted octanol–water partition coefficient (Wildman–Crippen LogP) is 2.49. The van der Waals surface area contributed by atoms with Gasteiger partial charge in [-0.25, -0.2) is 9.37 Å². The lowest BCUT2D eigenvalue weighted by molar-refractivity contribution is 0.449. The van der Waals surface area contributed by atoms with Crippen LogP contribution in [0.2, 0.25) is 0 Å². The Bertz CT molecular complexity index is 496. The molecule has 2 N–H and O–H groups in total. The Morgan fingerprint density at radius 2 is 2.00 bits per heavy atom. The summed E-state index contributed by atoms with van der Waals surface area (Å²) in [6.45, 7) is 0.644. The highest BCUT2D eigenvalue weighted by atomic mass is 19.1. The number of aryl methyl sites for hydroxylation is 3. The summed E-state index contributed by atoms with van der Waals surface area (Å²) in [5.41, 5.74) is 6.12. The monoisotopic (exact) mass is 248 g/mol. The van der Waals surface area contributed by atoms with Crippen molar-refractivity contribution in [2.75, 3.05) is 6.54 Å². The number of benzene rings is 1. The highest BCUT2D eigenvalue weighted by molar-refractivity contribution is 5.17. The first-order chi connectivity index (χ1) is 8.79. The van der Waals surface area contributed by atoms with E-state index < -0.39 is 0 Å². The van der Waals surface area contributed by atoms with Crippen molar-refractivity contribution < 1.29 is 8.81 Å². The van der Waals surface area contributed by atoms with E-state index in [1.807, 2.05) is 6.07 Å². The maximum Gasteiger partial charge on any atom is 0.194 e. The third-order valence-corrected chi connectivity index (χ3v) is 2.79. The van der Waals surface area contributed by atoms with Crippen molar-refractivity contribution in [3.05, 3.63) is 53.5 Å². The first-order valence-electron chi connectivity index (χ1n) is 6.16. The molecule has 1 aromatic carbocycles. The van der Waals surface area contributed by atoms with Gasteiger partial charge in [-0.3, -0.25) is 0 Å². The molecular formula is C14H17FN2O. The summed E-state index contributed by atoms with van der Waals surface area (Å²) in [5.74, 6) is 1.33. The van der Waals surface area contributed by atoms with Crippen LogP contribution in [0.4, 0.5) is 4.39 Å². The van der Waals surface area contributed by atoms with Gasteiger partial charge in [0, 0.05) is 12.8 Å². The number of aromatic nitrogens is 1. The average molecular weight is 248 g/mol. The van der Waals surface area contributed by atoms with Crippen molar-refractivity contribution in [2.45, 2.75) is 25.7 Å². The van der Waals surface area contributed by atoms with Gasteiger partial charge in [-0.15, -0.1) is 0 Å². The van der Waals surface area contributed by atoms with Crippen molar-refractivity contribution in [3.8, 4) is 0 Å². The molecule has 0 radical (unpaired) electrons. The lowest BCUT2D eigenvalue weighted by atomic mass is 10.1. The van der Waals surface area contributed by atoms with Crippen molar-refractivity contribution in [1.29, 1.82) is 0 Å². The van der Waals surface area contributed by atoms with E-state index in [1.54, 1.807) is 18.3 Å². The molecule has 0 saturated heterocycles. The molecular weight excluding hydrogens is 231 g/mol. The van der Waals surface area contributed by atoms with Crippen LogP contribution in [0.3, 0.4) is 0 Å². The second-order valence-corrected chi connectivity index (χ2v) is 4.20. The second-order valence-electron chi connectivity index (χ2n) is 4.20. The number of rotatable bonds is 6. The van der Waals surface area contributed by atoms with E-state index >= 15 is 0 Å². The zero-order chi connectivity index (χ0) is 12.8. The number of hydrogen-bond donors (Lipinski definition) is 1. The minimum absolute atomic E-state index is 0.174. The molecule has 0 aliphatic heterocycles. The quantitative estimate of drug-likeness (QED) is 0.854. The largest absolute Gasteiger partial charge is 0.446 e. The minimum Gasteiger partial charge on any atom is -0.446 e. The molecule has 0 amide bonds. The number of nitrogens with two attached hydrogens (primary N) is 1. The van der Waals surface area contributed by atoms with Crippen LogP contribution in [0.25, 0.3) is 0 Å². The number of nitrogens with zero attached hydrogens (tertiary/aromatic N) is 1. The fourth-order valence-electron chi connectivity index (χ4n) is 1.80. The van der Waals surface area contributed by atoms with Gasteiger partial charge in [-0.05, 0) is 31.0 Å². The summed E-state index contributed by atoms with van der Waals surface area (Å²) in [5, 5.41) is 0. The minimum atomic E-state index is -0.174. The molecule has 0 spiro atoms. The summed E-state index contributed by atoms with van der Waals surface area (Å²) in [4.78, 5) is 4.18. The van der Waals surface area contributed by atoms with Crippen LogP contribution < -0.4 is 5.73 Å². The van der Waals surface area contributed by atoms with Crippen LogP contribution in [-0.4, -0.2) is 11.5 Å². The van der Waals surface area contributed by atoms with Crippen molar-refractivity contribution >= 4 is 0 Å². The van der Waals surface area contributed by atoms with Gasteiger partial charge in [0.1, 0.15) is 11.6 Å². The van der Waals surface area contributed by atoms with Crippen LogP contribution >= 0.6 is 0 Å². The summed E-state index contributed by atoms with van der Waals surface area (Å²) in [6, 6.07) is 6.78.